The van der Waals surface area contributed by atoms with Crippen LogP contribution in [0.25, 0.3) is 0 Å². The zero-order valence-corrected chi connectivity index (χ0v) is 18.8. The molecule has 2 unspecified atom stereocenters. The highest BCUT2D eigenvalue weighted by molar-refractivity contribution is 5.85. The molecule has 9 nitrogen and oxygen atoms in total. The molecule has 0 radical (unpaired) electrons. The predicted octanol–water partition coefficient (Wildman–Crippen LogP) is 1.76. The van der Waals surface area contributed by atoms with Crippen LogP contribution in [0.5, 0.6) is 0 Å². The Morgan fingerprint density at radius 3 is 2.03 bits per heavy atom. The van der Waals surface area contributed by atoms with Gasteiger partial charge in [0.2, 0.25) is 0 Å². The fraction of sp³-hybridized carbons (Fsp3) is 0.864. The van der Waals surface area contributed by atoms with Gasteiger partial charge in [-0.15, -0.1) is 0 Å². The van der Waals surface area contributed by atoms with E-state index >= 15 is 0 Å². The van der Waals surface area contributed by atoms with Gasteiger partial charge < -0.3 is 29.2 Å². The van der Waals surface area contributed by atoms with Gasteiger partial charge in [-0.1, -0.05) is 0 Å². The topological polar surface area (TPSA) is 129 Å². The minimum atomic E-state index is -0.477. The molecule has 180 valence electrons. The van der Waals surface area contributed by atoms with Crippen molar-refractivity contribution in [2.45, 2.75) is 71.0 Å². The van der Waals surface area contributed by atoms with Crippen molar-refractivity contribution < 1.29 is 43.5 Å². The van der Waals surface area contributed by atoms with Crippen LogP contribution in [0.2, 0.25) is 0 Å². The smallest absolute Gasteiger partial charge is 0.309 e. The molecule has 31 heavy (non-hydrogen) atoms. The minimum Gasteiger partial charge on any atom is -0.466 e. The molecule has 0 aromatic carbocycles. The summed E-state index contributed by atoms with van der Waals surface area (Å²) in [4.78, 5) is 33.7. The Kier molecular flexibility index (Phi) is 13.6. The van der Waals surface area contributed by atoms with Crippen molar-refractivity contribution in [3.05, 3.63) is 0 Å². The van der Waals surface area contributed by atoms with Gasteiger partial charge >= 0.3 is 11.9 Å². The monoisotopic (exact) mass is 446 g/mol. The van der Waals surface area contributed by atoms with Crippen molar-refractivity contribution in [1.29, 1.82) is 0 Å². The average molecular weight is 447 g/mol. The molecule has 0 amide bonds. The first-order valence-electron chi connectivity index (χ1n) is 11.3. The Bertz CT molecular complexity index is 541. The number of hydrogen-bond acceptors (Lipinski definition) is 9. The Balaban J connectivity index is 0.000000270. The van der Waals surface area contributed by atoms with E-state index in [4.69, 9.17) is 29.2 Å². The zero-order valence-electron chi connectivity index (χ0n) is 18.8. The summed E-state index contributed by atoms with van der Waals surface area (Å²) in [6, 6.07) is 0. The molecule has 1 spiro atoms. The molecular weight excluding hydrogens is 408 g/mol. The Labute approximate surface area is 184 Å². The Hall–Kier alpha value is -1.55. The molecule has 2 N–H and O–H groups in total. The fourth-order valence-electron chi connectivity index (χ4n) is 3.90. The quantitative estimate of drug-likeness (QED) is 0.607. The molecule has 1 heterocycles. The van der Waals surface area contributed by atoms with E-state index in [1.807, 2.05) is 6.92 Å². The first-order valence-corrected chi connectivity index (χ1v) is 11.3. The molecule has 0 bridgehead atoms. The first kappa shape index (κ1) is 27.5. The number of aliphatic hydroxyl groups excluding tert-OH is 2. The van der Waals surface area contributed by atoms with E-state index in [2.05, 4.69) is 0 Å². The van der Waals surface area contributed by atoms with Gasteiger partial charge in [0.15, 0.2) is 5.79 Å². The molecule has 3 fully saturated rings. The summed E-state index contributed by atoms with van der Waals surface area (Å²) in [5, 5.41) is 15.2. The van der Waals surface area contributed by atoms with E-state index in [0.29, 0.717) is 45.7 Å². The van der Waals surface area contributed by atoms with Crippen molar-refractivity contribution in [3.8, 4) is 0 Å². The highest BCUT2D eigenvalue weighted by Gasteiger charge is 2.43. The second-order valence-electron chi connectivity index (χ2n) is 7.68. The van der Waals surface area contributed by atoms with Crippen molar-refractivity contribution in [1.82, 2.24) is 0 Å². The maximum Gasteiger partial charge on any atom is 0.309 e. The third kappa shape index (κ3) is 10.1. The summed E-state index contributed by atoms with van der Waals surface area (Å²) in [6.45, 7) is 5.51. The van der Waals surface area contributed by atoms with Crippen LogP contribution < -0.4 is 0 Å². The van der Waals surface area contributed by atoms with E-state index < -0.39 is 5.79 Å². The van der Waals surface area contributed by atoms with E-state index in [9.17, 15) is 14.4 Å². The standard InChI is InChI=1S/C11H18O4.C9H14O3.C2H6O2/c1-2-13-10(12)9-4-3-5-11(8-9)14-6-7-15-11;1-2-12-9(11)7-4-3-5-8(10)6-7;3-1-2-4/h9H,2-8H2,1H3;7H,2-6H2,1H3;3-4H,1-2H2. The maximum absolute atomic E-state index is 11.6. The van der Waals surface area contributed by atoms with Gasteiger partial charge in [0.1, 0.15) is 5.78 Å². The molecular formula is C22H38O9. The summed E-state index contributed by atoms with van der Waals surface area (Å²) in [7, 11) is 0. The highest BCUT2D eigenvalue weighted by Crippen LogP contribution is 2.39. The van der Waals surface area contributed by atoms with Gasteiger partial charge in [0.05, 0.1) is 51.5 Å². The third-order valence-electron chi connectivity index (χ3n) is 5.30. The Morgan fingerprint density at radius 1 is 0.968 bits per heavy atom. The van der Waals surface area contributed by atoms with E-state index in [1.54, 1.807) is 6.92 Å². The minimum absolute atomic E-state index is 0.0446. The molecule has 1 saturated heterocycles. The van der Waals surface area contributed by atoms with Gasteiger partial charge in [0, 0.05) is 25.7 Å². The number of esters is 2. The predicted molar refractivity (Wildman–Crippen MR) is 111 cm³/mol. The lowest BCUT2D eigenvalue weighted by molar-refractivity contribution is -0.195. The zero-order chi connectivity index (χ0) is 23.1. The largest absolute Gasteiger partial charge is 0.466 e. The van der Waals surface area contributed by atoms with Crippen molar-refractivity contribution in [2.75, 3.05) is 39.6 Å². The summed E-state index contributed by atoms with van der Waals surface area (Å²) in [5.41, 5.74) is 0. The summed E-state index contributed by atoms with van der Waals surface area (Å²) in [6.07, 6.45) is 6.10. The molecule has 3 rings (SSSR count). The lowest BCUT2D eigenvalue weighted by Gasteiger charge is -2.34. The molecule has 2 aliphatic carbocycles. The van der Waals surface area contributed by atoms with Gasteiger partial charge in [0.25, 0.3) is 0 Å². The normalized spacial score (nSPS) is 24.3. The van der Waals surface area contributed by atoms with Gasteiger partial charge in [-0.3, -0.25) is 14.4 Å². The van der Waals surface area contributed by atoms with E-state index in [0.717, 1.165) is 32.1 Å². The number of ketones is 1. The third-order valence-corrected chi connectivity index (χ3v) is 5.30. The highest BCUT2D eigenvalue weighted by atomic mass is 16.7. The number of aliphatic hydroxyl groups is 2. The summed E-state index contributed by atoms with van der Waals surface area (Å²) < 4.78 is 21.1. The molecule has 1 aliphatic heterocycles. The fourth-order valence-corrected chi connectivity index (χ4v) is 3.90. The van der Waals surface area contributed by atoms with Crippen LogP contribution in [0.3, 0.4) is 0 Å². The van der Waals surface area contributed by atoms with Crippen LogP contribution in [-0.2, 0) is 33.3 Å². The van der Waals surface area contributed by atoms with Crippen molar-refractivity contribution in [2.24, 2.45) is 11.8 Å². The van der Waals surface area contributed by atoms with E-state index in [1.165, 1.54) is 0 Å². The number of hydrogen-bond donors (Lipinski definition) is 2. The van der Waals surface area contributed by atoms with Crippen LogP contribution in [-0.4, -0.2) is 73.4 Å². The summed E-state index contributed by atoms with van der Waals surface area (Å²) in [5.74, 6) is -0.793. The molecule has 2 saturated carbocycles. The lowest BCUT2D eigenvalue weighted by atomic mass is 9.85. The van der Waals surface area contributed by atoms with Gasteiger partial charge in [-0.25, -0.2) is 0 Å². The van der Waals surface area contributed by atoms with Crippen molar-refractivity contribution >= 4 is 17.7 Å². The molecule has 0 aromatic rings. The molecule has 3 aliphatic rings. The molecule has 0 aromatic heterocycles. The first-order chi connectivity index (χ1) is 14.9. The number of ether oxygens (including phenoxy) is 4. The van der Waals surface area contributed by atoms with Crippen LogP contribution in [0, 0.1) is 11.8 Å². The summed E-state index contributed by atoms with van der Waals surface area (Å²) >= 11 is 0. The van der Waals surface area contributed by atoms with Gasteiger partial charge in [-0.05, 0) is 39.5 Å². The molecule has 2 atom stereocenters. The maximum atomic E-state index is 11.6. The van der Waals surface area contributed by atoms with Gasteiger partial charge in [-0.2, -0.15) is 0 Å². The van der Waals surface area contributed by atoms with Crippen LogP contribution >= 0.6 is 0 Å². The lowest BCUT2D eigenvalue weighted by Crippen LogP contribution is -2.39. The number of carbonyl (C=O) groups is 3. The molecule has 9 heteroatoms. The number of rotatable bonds is 5. The van der Waals surface area contributed by atoms with Crippen LogP contribution in [0.4, 0.5) is 0 Å². The second kappa shape index (κ2) is 15.3. The SMILES string of the molecule is CCOC(=O)C1CCCC(=O)C1.CCOC(=O)C1CCCC2(C1)OCCO2.OCCO. The van der Waals surface area contributed by atoms with E-state index in [-0.39, 0.29) is 42.8 Å². The van der Waals surface area contributed by atoms with Crippen LogP contribution in [0.15, 0.2) is 0 Å². The number of Topliss-reactive ketones (excluding diaryl/α,β-unsaturated/α-hetero) is 1. The average Bonchev–Trinajstić information content (AvgIpc) is 3.22. The van der Waals surface area contributed by atoms with Crippen molar-refractivity contribution in [3.63, 3.8) is 0 Å². The van der Waals surface area contributed by atoms with Crippen LogP contribution in [0.1, 0.15) is 65.2 Å². The number of carbonyl (C=O) groups excluding carboxylic acids is 3. The second-order valence-corrected chi connectivity index (χ2v) is 7.68. The Morgan fingerprint density at radius 2 is 1.52 bits per heavy atom.